The van der Waals surface area contributed by atoms with Gasteiger partial charge >= 0.3 is 5.97 Å². The van der Waals surface area contributed by atoms with Gasteiger partial charge in [-0.3, -0.25) is 9.59 Å². The molecular formula is C17H20N4O4. The van der Waals surface area contributed by atoms with Crippen molar-refractivity contribution >= 4 is 11.9 Å². The molecule has 8 nitrogen and oxygen atoms in total. The molecule has 1 amide bonds. The van der Waals surface area contributed by atoms with E-state index in [0.717, 1.165) is 31.5 Å². The summed E-state index contributed by atoms with van der Waals surface area (Å²) >= 11 is 0. The second-order valence-corrected chi connectivity index (χ2v) is 5.96. The third-order valence-corrected chi connectivity index (χ3v) is 4.16. The summed E-state index contributed by atoms with van der Waals surface area (Å²) in [5.74, 6) is 0.203. The number of benzene rings is 1. The number of amides is 1. The third-order valence-electron chi connectivity index (χ3n) is 4.16. The van der Waals surface area contributed by atoms with Crippen molar-refractivity contribution in [1.82, 2.24) is 20.8 Å². The van der Waals surface area contributed by atoms with Crippen molar-refractivity contribution < 1.29 is 19.2 Å². The SMILES string of the molecule is O=C(O)CCNC(=O)c1ccc(-c2noc(C3CCNCC3)n2)cc1. The van der Waals surface area contributed by atoms with Crippen LogP contribution in [-0.4, -0.2) is 46.8 Å². The van der Waals surface area contributed by atoms with Crippen LogP contribution in [0.1, 0.15) is 41.4 Å². The maximum absolute atomic E-state index is 11.9. The fourth-order valence-corrected chi connectivity index (χ4v) is 2.74. The molecule has 25 heavy (non-hydrogen) atoms. The first-order valence-electron chi connectivity index (χ1n) is 8.28. The number of aromatic nitrogens is 2. The molecule has 1 aliphatic heterocycles. The van der Waals surface area contributed by atoms with Crippen molar-refractivity contribution in [2.24, 2.45) is 0 Å². The summed E-state index contributed by atoms with van der Waals surface area (Å²) in [6, 6.07) is 6.82. The average Bonchev–Trinajstić information content (AvgIpc) is 3.12. The Labute approximate surface area is 144 Å². The summed E-state index contributed by atoms with van der Waals surface area (Å²) in [5.41, 5.74) is 1.22. The molecule has 0 aliphatic carbocycles. The van der Waals surface area contributed by atoms with Gasteiger partial charge in [0.05, 0.1) is 6.42 Å². The molecule has 1 saturated heterocycles. The van der Waals surface area contributed by atoms with E-state index >= 15 is 0 Å². The van der Waals surface area contributed by atoms with Crippen molar-refractivity contribution in [1.29, 1.82) is 0 Å². The van der Waals surface area contributed by atoms with Gasteiger partial charge in [0.15, 0.2) is 0 Å². The minimum absolute atomic E-state index is 0.0976. The van der Waals surface area contributed by atoms with Crippen LogP contribution in [0.5, 0.6) is 0 Å². The van der Waals surface area contributed by atoms with Gasteiger partial charge < -0.3 is 20.3 Å². The largest absolute Gasteiger partial charge is 0.481 e. The first kappa shape index (κ1) is 17.1. The molecule has 0 unspecified atom stereocenters. The molecule has 3 N–H and O–H groups in total. The van der Waals surface area contributed by atoms with Gasteiger partial charge in [-0.2, -0.15) is 4.98 Å². The van der Waals surface area contributed by atoms with E-state index < -0.39 is 5.97 Å². The van der Waals surface area contributed by atoms with Gasteiger partial charge in [-0.1, -0.05) is 17.3 Å². The Morgan fingerprint density at radius 3 is 2.64 bits per heavy atom. The fourth-order valence-electron chi connectivity index (χ4n) is 2.74. The topological polar surface area (TPSA) is 117 Å². The van der Waals surface area contributed by atoms with E-state index in [1.165, 1.54) is 0 Å². The second kappa shape index (κ2) is 7.89. The first-order valence-corrected chi connectivity index (χ1v) is 8.28. The highest BCUT2D eigenvalue weighted by atomic mass is 16.5. The lowest BCUT2D eigenvalue weighted by Gasteiger charge is -2.18. The van der Waals surface area contributed by atoms with Gasteiger partial charge in [-0.05, 0) is 38.1 Å². The maximum Gasteiger partial charge on any atom is 0.305 e. The van der Waals surface area contributed by atoms with Crippen molar-refractivity contribution in [2.45, 2.75) is 25.2 Å². The Morgan fingerprint density at radius 1 is 1.24 bits per heavy atom. The van der Waals surface area contributed by atoms with Crippen LogP contribution < -0.4 is 10.6 Å². The summed E-state index contributed by atoms with van der Waals surface area (Å²) in [7, 11) is 0. The molecule has 1 aliphatic rings. The number of hydrogen-bond donors (Lipinski definition) is 3. The number of piperidine rings is 1. The van der Waals surface area contributed by atoms with E-state index in [0.29, 0.717) is 23.2 Å². The summed E-state index contributed by atoms with van der Waals surface area (Å²) < 4.78 is 5.39. The number of rotatable bonds is 6. The first-order chi connectivity index (χ1) is 12.1. The van der Waals surface area contributed by atoms with E-state index in [1.54, 1.807) is 24.3 Å². The van der Waals surface area contributed by atoms with E-state index in [1.807, 2.05) is 0 Å². The maximum atomic E-state index is 11.9. The molecule has 2 heterocycles. The van der Waals surface area contributed by atoms with Crippen LogP contribution in [0.4, 0.5) is 0 Å². The summed E-state index contributed by atoms with van der Waals surface area (Å²) in [4.78, 5) is 26.9. The van der Waals surface area contributed by atoms with E-state index in [4.69, 9.17) is 9.63 Å². The molecule has 0 bridgehead atoms. The lowest BCUT2D eigenvalue weighted by molar-refractivity contribution is -0.136. The molecular weight excluding hydrogens is 324 g/mol. The van der Waals surface area contributed by atoms with Gasteiger partial charge in [0, 0.05) is 23.6 Å². The monoisotopic (exact) mass is 344 g/mol. The predicted molar refractivity (Wildman–Crippen MR) is 89.2 cm³/mol. The van der Waals surface area contributed by atoms with Crippen LogP contribution in [-0.2, 0) is 4.79 Å². The van der Waals surface area contributed by atoms with Gasteiger partial charge in [0.1, 0.15) is 0 Å². The smallest absolute Gasteiger partial charge is 0.305 e. The molecule has 1 aromatic carbocycles. The number of aliphatic carboxylic acids is 1. The normalized spacial score (nSPS) is 15.0. The highest BCUT2D eigenvalue weighted by molar-refractivity contribution is 5.94. The molecule has 0 radical (unpaired) electrons. The summed E-state index contributed by atoms with van der Waals surface area (Å²) in [6.45, 7) is 2.00. The molecule has 0 atom stereocenters. The predicted octanol–water partition coefficient (Wildman–Crippen LogP) is 1.41. The van der Waals surface area contributed by atoms with E-state index in [-0.39, 0.29) is 18.9 Å². The van der Waals surface area contributed by atoms with Crippen LogP contribution in [0.15, 0.2) is 28.8 Å². The molecule has 0 spiro atoms. The molecule has 1 fully saturated rings. The van der Waals surface area contributed by atoms with E-state index in [2.05, 4.69) is 20.8 Å². The highest BCUT2D eigenvalue weighted by Gasteiger charge is 2.21. The number of carbonyl (C=O) groups excluding carboxylic acids is 1. The summed E-state index contributed by atoms with van der Waals surface area (Å²) in [6.07, 6.45) is 1.86. The number of carboxylic acids is 1. The minimum Gasteiger partial charge on any atom is -0.481 e. The Hall–Kier alpha value is -2.74. The van der Waals surface area contributed by atoms with E-state index in [9.17, 15) is 9.59 Å². The molecule has 2 aromatic rings. The van der Waals surface area contributed by atoms with Gasteiger partial charge in [0.25, 0.3) is 5.91 Å². The van der Waals surface area contributed by atoms with Crippen molar-refractivity contribution in [3.8, 4) is 11.4 Å². The zero-order valence-electron chi connectivity index (χ0n) is 13.7. The lowest BCUT2D eigenvalue weighted by Crippen LogP contribution is -2.26. The zero-order valence-corrected chi connectivity index (χ0v) is 13.7. The Balaban J connectivity index is 1.63. The van der Waals surface area contributed by atoms with Crippen LogP contribution in [0.3, 0.4) is 0 Å². The molecule has 0 saturated carbocycles. The minimum atomic E-state index is -0.947. The van der Waals surface area contributed by atoms with Crippen LogP contribution in [0.25, 0.3) is 11.4 Å². The summed E-state index contributed by atoms with van der Waals surface area (Å²) in [5, 5.41) is 18.5. The molecule has 3 rings (SSSR count). The average molecular weight is 344 g/mol. The molecule has 1 aromatic heterocycles. The van der Waals surface area contributed by atoms with Gasteiger partial charge in [0.2, 0.25) is 11.7 Å². The molecule has 132 valence electrons. The van der Waals surface area contributed by atoms with Crippen molar-refractivity contribution in [2.75, 3.05) is 19.6 Å². The number of carbonyl (C=O) groups is 2. The van der Waals surface area contributed by atoms with Crippen LogP contribution in [0, 0.1) is 0 Å². The number of carboxylic acid groups (broad SMARTS) is 1. The van der Waals surface area contributed by atoms with Gasteiger partial charge in [-0.15, -0.1) is 0 Å². The van der Waals surface area contributed by atoms with Crippen molar-refractivity contribution in [3.63, 3.8) is 0 Å². The second-order valence-electron chi connectivity index (χ2n) is 5.96. The number of hydrogen-bond acceptors (Lipinski definition) is 6. The van der Waals surface area contributed by atoms with Crippen LogP contribution in [0.2, 0.25) is 0 Å². The fraction of sp³-hybridized carbons (Fsp3) is 0.412. The number of nitrogens with zero attached hydrogens (tertiary/aromatic N) is 2. The quantitative estimate of drug-likeness (QED) is 0.725. The Morgan fingerprint density at radius 2 is 1.96 bits per heavy atom. The van der Waals surface area contributed by atoms with Crippen molar-refractivity contribution in [3.05, 3.63) is 35.7 Å². The van der Waals surface area contributed by atoms with Crippen LogP contribution >= 0.6 is 0 Å². The molecule has 8 heteroatoms. The Kier molecular flexibility index (Phi) is 5.39. The van der Waals surface area contributed by atoms with Gasteiger partial charge in [-0.25, -0.2) is 0 Å². The Bertz CT molecular complexity index is 735. The third kappa shape index (κ3) is 4.42. The highest BCUT2D eigenvalue weighted by Crippen LogP contribution is 2.26. The lowest BCUT2D eigenvalue weighted by atomic mass is 9.98. The number of nitrogens with one attached hydrogen (secondary N) is 2. The zero-order chi connectivity index (χ0) is 17.6. The standard InChI is InChI=1S/C17H20N4O4/c22-14(23)7-10-19-16(24)12-3-1-11(2-4-12)15-20-17(25-21-15)13-5-8-18-9-6-13/h1-4,13,18H,5-10H2,(H,19,24)(H,22,23).